The van der Waals surface area contributed by atoms with E-state index in [1.165, 1.54) is 12.1 Å². The van der Waals surface area contributed by atoms with Crippen molar-refractivity contribution < 1.29 is 4.39 Å². The second-order valence-corrected chi connectivity index (χ2v) is 3.22. The number of hydrogen-bond acceptors (Lipinski definition) is 3. The molecule has 1 unspecified atom stereocenters. The zero-order chi connectivity index (χ0) is 11.3. The molecule has 76 valence electrons. The normalized spacial score (nSPS) is 11.2. The van der Waals surface area contributed by atoms with E-state index in [0.29, 0.717) is 12.2 Å². The average Bonchev–Trinajstić information content (AvgIpc) is 2.27. The van der Waals surface area contributed by atoms with E-state index in [1.807, 2.05) is 0 Å². The SMILES string of the molecule is CC(C#N)CNc1ccc(F)c(C#N)c1. The summed E-state index contributed by atoms with van der Waals surface area (Å²) in [6, 6.07) is 8.04. The van der Waals surface area contributed by atoms with Gasteiger partial charge in [-0.25, -0.2) is 4.39 Å². The molecule has 1 N–H and O–H groups in total. The van der Waals surface area contributed by atoms with Crippen LogP contribution in [-0.4, -0.2) is 6.54 Å². The van der Waals surface area contributed by atoms with Crippen LogP contribution < -0.4 is 5.32 Å². The van der Waals surface area contributed by atoms with Crippen LogP contribution in [0.15, 0.2) is 18.2 Å². The van der Waals surface area contributed by atoms with E-state index in [4.69, 9.17) is 10.5 Å². The number of hydrogen-bond donors (Lipinski definition) is 1. The summed E-state index contributed by atoms with van der Waals surface area (Å²) in [6.45, 7) is 2.26. The standard InChI is InChI=1S/C11H10FN3/c1-8(5-13)7-15-10-2-3-11(12)9(4-10)6-14/h2-4,8,15H,7H2,1H3. The Morgan fingerprint density at radius 3 is 2.80 bits per heavy atom. The molecule has 0 spiro atoms. The Kier molecular flexibility index (Phi) is 3.65. The molecule has 1 atom stereocenters. The van der Waals surface area contributed by atoms with Gasteiger partial charge in [0.05, 0.1) is 17.6 Å². The van der Waals surface area contributed by atoms with Crippen LogP contribution in [0.1, 0.15) is 12.5 Å². The molecule has 0 saturated carbocycles. The third-order valence-electron chi connectivity index (χ3n) is 1.92. The average molecular weight is 203 g/mol. The van der Waals surface area contributed by atoms with Gasteiger partial charge in [0, 0.05) is 12.2 Å². The summed E-state index contributed by atoms with van der Waals surface area (Å²) in [6.07, 6.45) is 0. The van der Waals surface area contributed by atoms with E-state index in [-0.39, 0.29) is 11.5 Å². The Morgan fingerprint density at radius 2 is 2.20 bits per heavy atom. The first kappa shape index (κ1) is 11.0. The smallest absolute Gasteiger partial charge is 0.141 e. The molecule has 0 aliphatic rings. The highest BCUT2D eigenvalue weighted by molar-refractivity contribution is 5.49. The molecule has 1 aromatic carbocycles. The molecule has 0 amide bonds. The van der Waals surface area contributed by atoms with Crippen LogP contribution >= 0.6 is 0 Å². The predicted octanol–water partition coefficient (Wildman–Crippen LogP) is 2.27. The van der Waals surface area contributed by atoms with Crippen molar-refractivity contribution in [2.24, 2.45) is 5.92 Å². The summed E-state index contributed by atoms with van der Waals surface area (Å²) in [5.41, 5.74) is 0.652. The highest BCUT2D eigenvalue weighted by atomic mass is 19.1. The van der Waals surface area contributed by atoms with Crippen LogP contribution in [0, 0.1) is 34.4 Å². The maximum absolute atomic E-state index is 12.9. The summed E-state index contributed by atoms with van der Waals surface area (Å²) < 4.78 is 12.9. The van der Waals surface area contributed by atoms with Crippen molar-refractivity contribution in [1.29, 1.82) is 10.5 Å². The van der Waals surface area contributed by atoms with Gasteiger partial charge in [0.2, 0.25) is 0 Å². The summed E-state index contributed by atoms with van der Waals surface area (Å²) in [4.78, 5) is 0. The van der Waals surface area contributed by atoms with E-state index in [1.54, 1.807) is 19.1 Å². The summed E-state index contributed by atoms with van der Waals surface area (Å²) in [7, 11) is 0. The fraction of sp³-hybridized carbons (Fsp3) is 0.273. The van der Waals surface area contributed by atoms with E-state index < -0.39 is 5.82 Å². The number of nitrogens with zero attached hydrogens (tertiary/aromatic N) is 2. The van der Waals surface area contributed by atoms with Crippen molar-refractivity contribution in [2.45, 2.75) is 6.92 Å². The van der Waals surface area contributed by atoms with Crippen LogP contribution in [0.5, 0.6) is 0 Å². The predicted molar refractivity (Wildman–Crippen MR) is 54.4 cm³/mol. The quantitative estimate of drug-likeness (QED) is 0.819. The molecule has 0 aliphatic heterocycles. The topological polar surface area (TPSA) is 59.6 Å². The van der Waals surface area contributed by atoms with Gasteiger partial charge in [0.15, 0.2) is 0 Å². The van der Waals surface area contributed by atoms with Crippen molar-refractivity contribution >= 4 is 5.69 Å². The molecular formula is C11H10FN3. The summed E-state index contributed by atoms with van der Waals surface area (Å²) >= 11 is 0. The monoisotopic (exact) mass is 203 g/mol. The van der Waals surface area contributed by atoms with Gasteiger partial charge < -0.3 is 5.32 Å². The molecule has 4 heteroatoms. The zero-order valence-electron chi connectivity index (χ0n) is 8.29. The summed E-state index contributed by atoms with van der Waals surface area (Å²) in [5, 5.41) is 20.1. The minimum absolute atomic E-state index is 0.00427. The Balaban J connectivity index is 2.72. The Labute approximate surface area is 87.8 Å². The number of rotatable bonds is 3. The fourth-order valence-corrected chi connectivity index (χ4v) is 1.04. The minimum Gasteiger partial charge on any atom is -0.384 e. The van der Waals surface area contributed by atoms with Gasteiger partial charge in [-0.15, -0.1) is 0 Å². The van der Waals surface area contributed by atoms with Crippen molar-refractivity contribution in [3.63, 3.8) is 0 Å². The van der Waals surface area contributed by atoms with Gasteiger partial charge in [-0.1, -0.05) is 0 Å². The Hall–Kier alpha value is -2.07. The maximum Gasteiger partial charge on any atom is 0.141 e. The molecule has 0 aromatic heterocycles. The summed E-state index contributed by atoms with van der Waals surface area (Å²) in [5.74, 6) is -0.656. The number of halogens is 1. The maximum atomic E-state index is 12.9. The third kappa shape index (κ3) is 2.96. The molecule has 0 saturated heterocycles. The fourth-order valence-electron chi connectivity index (χ4n) is 1.04. The van der Waals surface area contributed by atoms with Gasteiger partial charge in [0.25, 0.3) is 0 Å². The second kappa shape index (κ2) is 4.97. The third-order valence-corrected chi connectivity index (χ3v) is 1.92. The molecule has 15 heavy (non-hydrogen) atoms. The van der Waals surface area contributed by atoms with Gasteiger partial charge in [-0.2, -0.15) is 10.5 Å². The number of nitriles is 2. The van der Waals surface area contributed by atoms with Crippen LogP contribution in [0.3, 0.4) is 0 Å². The van der Waals surface area contributed by atoms with Crippen LogP contribution in [0.25, 0.3) is 0 Å². The lowest BCUT2D eigenvalue weighted by Gasteiger charge is -2.07. The Bertz CT molecular complexity index is 428. The van der Waals surface area contributed by atoms with Gasteiger partial charge in [-0.05, 0) is 25.1 Å². The van der Waals surface area contributed by atoms with Gasteiger partial charge in [0.1, 0.15) is 11.9 Å². The molecule has 1 rings (SSSR count). The molecule has 0 radical (unpaired) electrons. The van der Waals surface area contributed by atoms with Gasteiger partial charge in [-0.3, -0.25) is 0 Å². The minimum atomic E-state index is -0.531. The van der Waals surface area contributed by atoms with Crippen molar-refractivity contribution in [3.8, 4) is 12.1 Å². The largest absolute Gasteiger partial charge is 0.384 e. The van der Waals surface area contributed by atoms with E-state index in [9.17, 15) is 4.39 Å². The van der Waals surface area contributed by atoms with Crippen molar-refractivity contribution in [2.75, 3.05) is 11.9 Å². The second-order valence-electron chi connectivity index (χ2n) is 3.22. The number of anilines is 1. The lowest BCUT2D eigenvalue weighted by atomic mass is 10.2. The molecule has 0 bridgehead atoms. The van der Waals surface area contributed by atoms with E-state index in [2.05, 4.69) is 11.4 Å². The first-order valence-electron chi connectivity index (χ1n) is 4.50. The van der Waals surface area contributed by atoms with E-state index in [0.717, 1.165) is 0 Å². The zero-order valence-corrected chi connectivity index (χ0v) is 8.29. The van der Waals surface area contributed by atoms with Crippen molar-refractivity contribution in [1.82, 2.24) is 0 Å². The number of nitrogens with one attached hydrogen (secondary N) is 1. The highest BCUT2D eigenvalue weighted by Crippen LogP contribution is 2.14. The van der Waals surface area contributed by atoms with Gasteiger partial charge >= 0.3 is 0 Å². The highest BCUT2D eigenvalue weighted by Gasteiger charge is 2.03. The molecular weight excluding hydrogens is 193 g/mol. The van der Waals surface area contributed by atoms with Crippen LogP contribution in [0.2, 0.25) is 0 Å². The molecule has 0 aliphatic carbocycles. The molecule has 0 heterocycles. The van der Waals surface area contributed by atoms with E-state index >= 15 is 0 Å². The Morgan fingerprint density at radius 1 is 1.47 bits per heavy atom. The molecule has 1 aromatic rings. The number of benzene rings is 1. The lowest BCUT2D eigenvalue weighted by molar-refractivity contribution is 0.624. The van der Waals surface area contributed by atoms with Crippen LogP contribution in [0.4, 0.5) is 10.1 Å². The lowest BCUT2D eigenvalue weighted by Crippen LogP contribution is -2.09. The first-order valence-corrected chi connectivity index (χ1v) is 4.50. The van der Waals surface area contributed by atoms with Crippen LogP contribution in [-0.2, 0) is 0 Å². The van der Waals surface area contributed by atoms with Crippen molar-refractivity contribution in [3.05, 3.63) is 29.6 Å². The molecule has 0 fully saturated rings. The first-order chi connectivity index (χ1) is 7.17. The molecule has 3 nitrogen and oxygen atoms in total.